The number of aromatic nitrogens is 2. The fourth-order valence-corrected chi connectivity index (χ4v) is 1.69. The molecule has 6 nitrogen and oxygen atoms in total. The van der Waals surface area contributed by atoms with E-state index in [9.17, 15) is 4.79 Å². The summed E-state index contributed by atoms with van der Waals surface area (Å²) in [6.45, 7) is 0.665. The van der Waals surface area contributed by atoms with Crippen LogP contribution in [0.5, 0.6) is 0 Å². The summed E-state index contributed by atoms with van der Waals surface area (Å²) in [4.78, 5) is 20.8. The lowest BCUT2D eigenvalue weighted by Crippen LogP contribution is -2.26. The van der Waals surface area contributed by atoms with Crippen LogP contribution in [0.1, 0.15) is 12.8 Å². The highest BCUT2D eigenvalue weighted by atomic mass is 35.5. The number of nitrogens with two attached hydrogens (primary N) is 1. The number of hydrazine groups is 1. The Labute approximate surface area is 91.4 Å². The number of nitrogens with one attached hydrogen (secondary N) is 1. The van der Waals surface area contributed by atoms with Crippen LogP contribution in [0.25, 0.3) is 0 Å². The van der Waals surface area contributed by atoms with Crippen LogP contribution >= 0.6 is 11.6 Å². The molecule has 0 unspecified atom stereocenters. The van der Waals surface area contributed by atoms with Gasteiger partial charge in [-0.2, -0.15) is 4.98 Å². The Hall–Kier alpha value is -1.40. The van der Waals surface area contributed by atoms with E-state index in [1.54, 1.807) is 4.90 Å². The summed E-state index contributed by atoms with van der Waals surface area (Å²) in [5, 5.41) is 0.0957. The van der Waals surface area contributed by atoms with E-state index in [2.05, 4.69) is 15.4 Å². The van der Waals surface area contributed by atoms with E-state index in [-0.39, 0.29) is 11.2 Å². The minimum atomic E-state index is 0.0532. The molecule has 1 aromatic heterocycles. The fourth-order valence-electron chi connectivity index (χ4n) is 1.56. The number of rotatable bonds is 2. The van der Waals surface area contributed by atoms with E-state index in [0.29, 0.717) is 24.5 Å². The highest BCUT2D eigenvalue weighted by Crippen LogP contribution is 2.27. The zero-order valence-corrected chi connectivity index (χ0v) is 8.66. The van der Waals surface area contributed by atoms with E-state index in [4.69, 9.17) is 17.4 Å². The summed E-state index contributed by atoms with van der Waals surface area (Å²) >= 11 is 5.62. The van der Waals surface area contributed by atoms with Gasteiger partial charge in [-0.05, 0) is 18.0 Å². The molecule has 15 heavy (non-hydrogen) atoms. The van der Waals surface area contributed by atoms with Gasteiger partial charge in [-0.15, -0.1) is 0 Å². The van der Waals surface area contributed by atoms with Crippen molar-refractivity contribution in [1.82, 2.24) is 9.97 Å². The van der Waals surface area contributed by atoms with Crippen LogP contribution in [-0.2, 0) is 4.79 Å². The molecule has 1 amide bonds. The smallest absolute Gasteiger partial charge is 0.227 e. The summed E-state index contributed by atoms with van der Waals surface area (Å²) in [5.41, 5.74) is 2.98. The van der Waals surface area contributed by atoms with E-state index >= 15 is 0 Å². The first-order chi connectivity index (χ1) is 7.22. The third-order valence-electron chi connectivity index (χ3n) is 2.24. The van der Waals surface area contributed by atoms with E-state index < -0.39 is 0 Å². The van der Waals surface area contributed by atoms with Gasteiger partial charge in [0.05, 0.1) is 6.20 Å². The van der Waals surface area contributed by atoms with Crippen LogP contribution in [0.15, 0.2) is 6.20 Å². The monoisotopic (exact) mass is 227 g/mol. The summed E-state index contributed by atoms with van der Waals surface area (Å²) in [6, 6.07) is 0. The molecular weight excluding hydrogens is 218 g/mol. The minimum absolute atomic E-state index is 0.0532. The van der Waals surface area contributed by atoms with Gasteiger partial charge >= 0.3 is 0 Å². The number of amides is 1. The lowest BCUT2D eigenvalue weighted by atomic mass is 10.4. The topological polar surface area (TPSA) is 84.1 Å². The molecule has 80 valence electrons. The Balaban J connectivity index is 2.38. The molecule has 0 aliphatic carbocycles. The van der Waals surface area contributed by atoms with Crippen LogP contribution in [0.2, 0.25) is 5.28 Å². The lowest BCUT2D eigenvalue weighted by molar-refractivity contribution is -0.117. The highest BCUT2D eigenvalue weighted by Gasteiger charge is 2.24. The number of carbonyl (C=O) groups excluding carboxylic acids is 1. The summed E-state index contributed by atoms with van der Waals surface area (Å²) in [6.07, 6.45) is 2.88. The Morgan fingerprint density at radius 3 is 3.00 bits per heavy atom. The summed E-state index contributed by atoms with van der Waals surface area (Å²) < 4.78 is 0. The third-order valence-corrected chi connectivity index (χ3v) is 2.42. The van der Waals surface area contributed by atoms with Crippen molar-refractivity contribution in [1.29, 1.82) is 0 Å². The lowest BCUT2D eigenvalue weighted by Gasteiger charge is -2.17. The van der Waals surface area contributed by atoms with Gasteiger partial charge in [0.1, 0.15) is 5.69 Å². The summed E-state index contributed by atoms with van der Waals surface area (Å²) in [5.74, 6) is 5.71. The molecular formula is C8H10ClN5O. The molecule has 0 atom stereocenters. The van der Waals surface area contributed by atoms with Crippen molar-refractivity contribution in [3.05, 3.63) is 11.5 Å². The average molecular weight is 228 g/mol. The van der Waals surface area contributed by atoms with Crippen LogP contribution in [0.4, 0.5) is 11.5 Å². The van der Waals surface area contributed by atoms with Gasteiger partial charge in [0.15, 0.2) is 5.82 Å². The van der Waals surface area contributed by atoms with Crippen LogP contribution < -0.4 is 16.2 Å². The molecule has 0 aromatic carbocycles. The first kappa shape index (κ1) is 10.1. The number of nitrogens with zero attached hydrogens (tertiary/aromatic N) is 3. The maximum Gasteiger partial charge on any atom is 0.227 e. The summed E-state index contributed by atoms with van der Waals surface area (Å²) in [7, 11) is 0. The molecule has 1 saturated heterocycles. The van der Waals surface area contributed by atoms with Crippen molar-refractivity contribution in [3.63, 3.8) is 0 Å². The van der Waals surface area contributed by atoms with Crippen molar-refractivity contribution >= 4 is 29.0 Å². The van der Waals surface area contributed by atoms with Gasteiger partial charge in [-0.3, -0.25) is 4.79 Å². The second-order valence-electron chi connectivity index (χ2n) is 3.17. The van der Waals surface area contributed by atoms with Gasteiger partial charge in [0, 0.05) is 13.0 Å². The maximum atomic E-state index is 11.5. The molecule has 0 saturated carbocycles. The van der Waals surface area contributed by atoms with Crippen molar-refractivity contribution in [2.45, 2.75) is 12.8 Å². The molecule has 3 N–H and O–H groups in total. The van der Waals surface area contributed by atoms with E-state index in [0.717, 1.165) is 6.42 Å². The predicted octanol–water partition coefficient (Wildman–Crippen LogP) is 0.542. The molecule has 0 radical (unpaired) electrons. The molecule has 0 bridgehead atoms. The number of halogens is 1. The molecule has 2 rings (SSSR count). The van der Waals surface area contributed by atoms with Gasteiger partial charge in [0.2, 0.25) is 11.2 Å². The van der Waals surface area contributed by atoms with E-state index in [1.807, 2.05) is 0 Å². The van der Waals surface area contributed by atoms with Crippen LogP contribution in [-0.4, -0.2) is 22.4 Å². The van der Waals surface area contributed by atoms with Gasteiger partial charge in [0.25, 0.3) is 0 Å². The Kier molecular flexibility index (Phi) is 2.70. The van der Waals surface area contributed by atoms with Crippen LogP contribution in [0, 0.1) is 0 Å². The van der Waals surface area contributed by atoms with Gasteiger partial charge in [-0.25, -0.2) is 10.8 Å². The average Bonchev–Trinajstić information content (AvgIpc) is 2.64. The van der Waals surface area contributed by atoms with Crippen molar-refractivity contribution in [2.24, 2.45) is 5.84 Å². The molecule has 1 aliphatic rings. The Morgan fingerprint density at radius 1 is 1.60 bits per heavy atom. The standard InChI is InChI=1S/C8H10ClN5O/c9-8-11-4-5(7(12-8)13-10)14-3-1-2-6(14)15/h4H,1-3,10H2,(H,11,12,13). The molecule has 1 aliphatic heterocycles. The van der Waals surface area contributed by atoms with E-state index in [1.165, 1.54) is 6.20 Å². The Bertz CT molecular complexity index is 397. The first-order valence-corrected chi connectivity index (χ1v) is 4.89. The largest absolute Gasteiger partial charge is 0.308 e. The number of carbonyl (C=O) groups is 1. The number of hydrogen-bond acceptors (Lipinski definition) is 5. The minimum Gasteiger partial charge on any atom is -0.308 e. The van der Waals surface area contributed by atoms with Crippen molar-refractivity contribution in [3.8, 4) is 0 Å². The van der Waals surface area contributed by atoms with Crippen molar-refractivity contribution in [2.75, 3.05) is 16.9 Å². The number of anilines is 2. The zero-order chi connectivity index (χ0) is 10.8. The molecule has 1 aromatic rings. The number of hydrogen-bond donors (Lipinski definition) is 2. The normalized spacial score (nSPS) is 15.9. The fraction of sp³-hybridized carbons (Fsp3) is 0.375. The third kappa shape index (κ3) is 1.86. The maximum absolute atomic E-state index is 11.5. The van der Waals surface area contributed by atoms with Crippen molar-refractivity contribution < 1.29 is 4.79 Å². The molecule has 7 heteroatoms. The Morgan fingerprint density at radius 2 is 2.40 bits per heavy atom. The predicted molar refractivity (Wildman–Crippen MR) is 56.4 cm³/mol. The zero-order valence-electron chi connectivity index (χ0n) is 7.90. The SMILES string of the molecule is NNc1nc(Cl)ncc1N1CCCC1=O. The van der Waals surface area contributed by atoms with Gasteiger partial charge in [-0.1, -0.05) is 0 Å². The van der Waals surface area contributed by atoms with Crippen LogP contribution in [0.3, 0.4) is 0 Å². The number of nitrogen functional groups attached to an aromatic ring is 1. The molecule has 0 spiro atoms. The highest BCUT2D eigenvalue weighted by molar-refractivity contribution is 6.28. The second-order valence-corrected chi connectivity index (χ2v) is 3.50. The molecule has 2 heterocycles. The quantitative estimate of drug-likeness (QED) is 0.438. The second kappa shape index (κ2) is 4.00. The molecule has 1 fully saturated rings. The first-order valence-electron chi connectivity index (χ1n) is 4.52. The van der Waals surface area contributed by atoms with Gasteiger partial charge < -0.3 is 10.3 Å².